The molecule has 29 heavy (non-hydrogen) atoms. The van der Waals surface area contributed by atoms with E-state index >= 15 is 0 Å². The third-order valence-electron chi connectivity index (χ3n) is 4.25. The number of anilines is 1. The first-order valence-electron chi connectivity index (χ1n) is 8.90. The van der Waals surface area contributed by atoms with E-state index in [1.807, 2.05) is 0 Å². The summed E-state index contributed by atoms with van der Waals surface area (Å²) >= 11 is 0. The van der Waals surface area contributed by atoms with Gasteiger partial charge in [-0.2, -0.15) is 4.31 Å². The Kier molecular flexibility index (Phi) is 7.49. The summed E-state index contributed by atoms with van der Waals surface area (Å²) in [5.41, 5.74) is 1.30. The predicted molar refractivity (Wildman–Crippen MR) is 108 cm³/mol. The van der Waals surface area contributed by atoms with Crippen LogP contribution in [0.25, 0.3) is 0 Å². The summed E-state index contributed by atoms with van der Waals surface area (Å²) in [6.45, 7) is 2.92. The maximum atomic E-state index is 12.4. The second-order valence-electron chi connectivity index (χ2n) is 6.62. The molecule has 0 radical (unpaired) electrons. The number of nitrogens with one attached hydrogen (secondary N) is 1. The quantitative estimate of drug-likeness (QED) is 0.632. The number of aliphatic hydroxyl groups excluding tert-OH is 1. The monoisotopic (exact) mass is 420 g/mol. The molecule has 0 aliphatic rings. The van der Waals surface area contributed by atoms with E-state index in [0.717, 1.165) is 0 Å². The molecule has 0 bridgehead atoms. The minimum Gasteiger partial charge on any atom is -0.452 e. The van der Waals surface area contributed by atoms with E-state index in [9.17, 15) is 18.0 Å². The van der Waals surface area contributed by atoms with E-state index in [0.29, 0.717) is 11.3 Å². The molecule has 2 rings (SSSR count). The molecule has 0 atom stereocenters. The molecule has 0 saturated heterocycles. The number of amides is 1. The summed E-state index contributed by atoms with van der Waals surface area (Å²) in [4.78, 5) is 24.0. The molecule has 8 nitrogen and oxygen atoms in total. The van der Waals surface area contributed by atoms with Crippen molar-refractivity contribution in [3.8, 4) is 0 Å². The lowest BCUT2D eigenvalue weighted by Crippen LogP contribution is -2.33. The number of aliphatic hydroxyl groups is 1. The minimum absolute atomic E-state index is 0.115. The predicted octanol–water partition coefficient (Wildman–Crippen LogP) is 2.00. The number of rotatable bonds is 8. The van der Waals surface area contributed by atoms with Gasteiger partial charge >= 0.3 is 5.97 Å². The first kappa shape index (κ1) is 22.5. The van der Waals surface area contributed by atoms with Gasteiger partial charge in [0.2, 0.25) is 10.0 Å². The Morgan fingerprint density at radius 2 is 1.66 bits per heavy atom. The Labute approximate surface area is 170 Å². The van der Waals surface area contributed by atoms with E-state index in [1.54, 1.807) is 26.0 Å². The largest absolute Gasteiger partial charge is 0.452 e. The summed E-state index contributed by atoms with van der Waals surface area (Å²) in [5, 5.41) is 11.5. The Bertz CT molecular complexity index is 953. The molecule has 0 unspecified atom stereocenters. The van der Waals surface area contributed by atoms with Gasteiger partial charge in [0.25, 0.3) is 5.91 Å². The van der Waals surface area contributed by atoms with Crippen LogP contribution < -0.4 is 5.32 Å². The van der Waals surface area contributed by atoms with Crippen LogP contribution in [0.5, 0.6) is 0 Å². The van der Waals surface area contributed by atoms with Crippen LogP contribution in [0, 0.1) is 0 Å². The van der Waals surface area contributed by atoms with Gasteiger partial charge in [-0.3, -0.25) is 4.79 Å². The van der Waals surface area contributed by atoms with Crippen molar-refractivity contribution < 1.29 is 27.9 Å². The average molecular weight is 420 g/mol. The van der Waals surface area contributed by atoms with Gasteiger partial charge in [0.1, 0.15) is 0 Å². The number of benzene rings is 2. The minimum atomic E-state index is -3.61. The third-order valence-corrected chi connectivity index (χ3v) is 6.30. The third kappa shape index (κ3) is 5.86. The Balaban J connectivity index is 1.93. The topological polar surface area (TPSA) is 113 Å². The second kappa shape index (κ2) is 9.64. The summed E-state index contributed by atoms with van der Waals surface area (Å²) in [6, 6.07) is 11.7. The van der Waals surface area contributed by atoms with Gasteiger partial charge < -0.3 is 15.2 Å². The highest BCUT2D eigenvalue weighted by molar-refractivity contribution is 7.89. The fourth-order valence-electron chi connectivity index (χ4n) is 2.31. The highest BCUT2D eigenvalue weighted by Crippen LogP contribution is 2.19. The normalized spacial score (nSPS) is 11.5. The summed E-state index contributed by atoms with van der Waals surface area (Å²) in [7, 11) is -2.10. The van der Waals surface area contributed by atoms with E-state index in [2.05, 4.69) is 5.32 Å². The van der Waals surface area contributed by atoms with Crippen molar-refractivity contribution in [3.05, 3.63) is 59.7 Å². The van der Waals surface area contributed by atoms with Crippen LogP contribution in [0.3, 0.4) is 0 Å². The van der Waals surface area contributed by atoms with Gasteiger partial charge in [0.15, 0.2) is 6.61 Å². The van der Waals surface area contributed by atoms with Crippen LogP contribution in [-0.4, -0.2) is 49.4 Å². The summed E-state index contributed by atoms with van der Waals surface area (Å²) in [5.74, 6) is -1.22. The molecular formula is C20H24N2O6S. The number of carbonyl (C=O) groups excluding carboxylic acids is 2. The van der Waals surface area contributed by atoms with Gasteiger partial charge in [0.05, 0.1) is 17.1 Å². The Morgan fingerprint density at radius 1 is 1.07 bits per heavy atom. The number of ether oxygens (including phenoxy) is 1. The zero-order valence-electron chi connectivity index (χ0n) is 16.5. The van der Waals surface area contributed by atoms with Crippen molar-refractivity contribution in [3.63, 3.8) is 0 Å². The lowest BCUT2D eigenvalue weighted by molar-refractivity contribution is -0.119. The Morgan fingerprint density at radius 3 is 2.17 bits per heavy atom. The van der Waals surface area contributed by atoms with Gasteiger partial charge in [-0.05, 0) is 55.8 Å². The molecule has 2 aromatic rings. The van der Waals surface area contributed by atoms with Crippen LogP contribution in [-0.2, 0) is 26.2 Å². The maximum Gasteiger partial charge on any atom is 0.338 e. The van der Waals surface area contributed by atoms with Gasteiger partial charge in [-0.1, -0.05) is 12.1 Å². The van der Waals surface area contributed by atoms with Crippen molar-refractivity contribution in [2.24, 2.45) is 0 Å². The molecule has 0 aliphatic carbocycles. The molecule has 0 spiro atoms. The maximum absolute atomic E-state index is 12.4. The van der Waals surface area contributed by atoms with Crippen LogP contribution in [0.1, 0.15) is 29.8 Å². The summed E-state index contributed by atoms with van der Waals surface area (Å²) in [6.07, 6.45) is 0. The SMILES string of the molecule is CC(C)N(C)S(=O)(=O)c1ccc(NC(=O)COC(=O)c2ccc(CO)cc2)cc1. The first-order valence-corrected chi connectivity index (χ1v) is 10.3. The molecule has 9 heteroatoms. The van der Waals surface area contributed by atoms with E-state index < -0.39 is 28.5 Å². The molecule has 0 saturated carbocycles. The molecule has 1 amide bonds. The number of hydrogen-bond donors (Lipinski definition) is 2. The van der Waals surface area contributed by atoms with Crippen LogP contribution >= 0.6 is 0 Å². The lowest BCUT2D eigenvalue weighted by atomic mass is 10.1. The van der Waals surface area contributed by atoms with Crippen molar-refractivity contribution >= 4 is 27.6 Å². The van der Waals surface area contributed by atoms with Gasteiger partial charge in [-0.25, -0.2) is 13.2 Å². The van der Waals surface area contributed by atoms with Crippen LogP contribution in [0.15, 0.2) is 53.4 Å². The smallest absolute Gasteiger partial charge is 0.338 e. The number of sulfonamides is 1. The number of esters is 1. The fraction of sp³-hybridized carbons (Fsp3) is 0.300. The number of hydrogen-bond acceptors (Lipinski definition) is 6. The van der Waals surface area contributed by atoms with E-state index in [-0.39, 0.29) is 23.1 Å². The van der Waals surface area contributed by atoms with Crippen molar-refractivity contribution in [1.29, 1.82) is 0 Å². The molecule has 156 valence electrons. The standard InChI is InChI=1S/C20H24N2O6S/c1-14(2)22(3)29(26,27)18-10-8-17(9-11-18)21-19(24)13-28-20(25)16-6-4-15(12-23)5-7-16/h4-11,14,23H,12-13H2,1-3H3,(H,21,24). The first-order chi connectivity index (χ1) is 13.6. The highest BCUT2D eigenvalue weighted by atomic mass is 32.2. The zero-order valence-corrected chi connectivity index (χ0v) is 17.3. The molecule has 0 aliphatic heterocycles. The molecule has 0 heterocycles. The number of carbonyl (C=O) groups is 2. The van der Waals surface area contributed by atoms with Crippen molar-refractivity contribution in [2.45, 2.75) is 31.4 Å². The molecule has 2 N–H and O–H groups in total. The van der Waals surface area contributed by atoms with Crippen LogP contribution in [0.4, 0.5) is 5.69 Å². The van der Waals surface area contributed by atoms with E-state index in [4.69, 9.17) is 9.84 Å². The number of nitrogens with zero attached hydrogens (tertiary/aromatic N) is 1. The Hall–Kier alpha value is -2.75. The molecule has 2 aromatic carbocycles. The van der Waals surface area contributed by atoms with Crippen molar-refractivity contribution in [1.82, 2.24) is 4.31 Å². The molecular weight excluding hydrogens is 396 g/mol. The van der Waals surface area contributed by atoms with Gasteiger partial charge in [0, 0.05) is 18.8 Å². The van der Waals surface area contributed by atoms with E-state index in [1.165, 1.54) is 47.8 Å². The van der Waals surface area contributed by atoms with Gasteiger partial charge in [-0.15, -0.1) is 0 Å². The van der Waals surface area contributed by atoms with Crippen LogP contribution in [0.2, 0.25) is 0 Å². The fourth-order valence-corrected chi connectivity index (χ4v) is 3.68. The molecule has 0 fully saturated rings. The summed E-state index contributed by atoms with van der Waals surface area (Å²) < 4.78 is 31.1. The molecule has 0 aromatic heterocycles. The van der Waals surface area contributed by atoms with Crippen molar-refractivity contribution in [2.75, 3.05) is 19.0 Å². The zero-order chi connectivity index (χ0) is 21.6. The highest BCUT2D eigenvalue weighted by Gasteiger charge is 2.22. The second-order valence-corrected chi connectivity index (χ2v) is 8.62. The lowest BCUT2D eigenvalue weighted by Gasteiger charge is -2.21. The average Bonchev–Trinajstić information content (AvgIpc) is 2.71.